The van der Waals surface area contributed by atoms with Crippen molar-refractivity contribution in [3.63, 3.8) is 0 Å². The fraction of sp³-hybridized carbons (Fsp3) is 0.929. The van der Waals surface area contributed by atoms with Gasteiger partial charge in [0.05, 0.1) is 6.04 Å². The highest BCUT2D eigenvalue weighted by Gasteiger charge is 2.33. The monoisotopic (exact) mass is 270 g/mol. The predicted octanol–water partition coefficient (Wildman–Crippen LogP) is 2.12. The van der Waals surface area contributed by atoms with E-state index in [2.05, 4.69) is 31.0 Å². The Kier molecular flexibility index (Phi) is 4.59. The molecule has 4 heteroatoms. The number of amides is 1. The molecule has 0 saturated carbocycles. The van der Waals surface area contributed by atoms with Crippen molar-refractivity contribution in [2.45, 2.75) is 50.8 Å². The Labute approximate surface area is 115 Å². The third-order valence-electron chi connectivity index (χ3n) is 4.19. The van der Waals surface area contributed by atoms with E-state index in [0.29, 0.717) is 16.6 Å². The number of nitrogens with one attached hydrogen (secondary N) is 1. The van der Waals surface area contributed by atoms with Gasteiger partial charge in [0.1, 0.15) is 0 Å². The van der Waals surface area contributed by atoms with Crippen molar-refractivity contribution in [3.8, 4) is 0 Å². The predicted molar refractivity (Wildman–Crippen MR) is 77.9 cm³/mol. The summed E-state index contributed by atoms with van der Waals surface area (Å²) in [6.07, 6.45) is 3.48. The van der Waals surface area contributed by atoms with E-state index in [9.17, 15) is 4.79 Å². The number of thioether (sulfide) groups is 1. The van der Waals surface area contributed by atoms with Gasteiger partial charge in [-0.3, -0.25) is 4.79 Å². The molecule has 3 nitrogen and oxygen atoms in total. The molecule has 0 aliphatic carbocycles. The molecule has 0 aromatic rings. The highest BCUT2D eigenvalue weighted by Crippen LogP contribution is 2.31. The third-order valence-corrected chi connectivity index (χ3v) is 5.56. The lowest BCUT2D eigenvalue weighted by Gasteiger charge is -2.33. The van der Waals surface area contributed by atoms with Gasteiger partial charge >= 0.3 is 0 Å². The number of carbonyl (C=O) groups is 1. The van der Waals surface area contributed by atoms with Gasteiger partial charge in [-0.1, -0.05) is 20.8 Å². The lowest BCUT2D eigenvalue weighted by atomic mass is 9.91. The maximum Gasteiger partial charge on any atom is 0.240 e. The van der Waals surface area contributed by atoms with Crippen LogP contribution in [0.4, 0.5) is 0 Å². The molecule has 2 atom stereocenters. The molecule has 18 heavy (non-hydrogen) atoms. The summed E-state index contributed by atoms with van der Waals surface area (Å²) in [4.78, 5) is 14.7. The van der Waals surface area contributed by atoms with Gasteiger partial charge in [-0.25, -0.2) is 0 Å². The number of nitrogens with zero attached hydrogens (tertiary/aromatic N) is 1. The van der Waals surface area contributed by atoms with Crippen molar-refractivity contribution in [1.82, 2.24) is 10.2 Å². The highest BCUT2D eigenvalue weighted by atomic mass is 32.2. The van der Waals surface area contributed by atoms with E-state index in [1.165, 1.54) is 12.8 Å². The first-order valence-corrected chi connectivity index (χ1v) is 8.14. The summed E-state index contributed by atoms with van der Waals surface area (Å²) in [7, 11) is 0. The zero-order valence-corrected chi connectivity index (χ0v) is 12.7. The van der Waals surface area contributed by atoms with Gasteiger partial charge in [-0.05, 0) is 31.7 Å². The van der Waals surface area contributed by atoms with Crippen LogP contribution in [0.25, 0.3) is 0 Å². The topological polar surface area (TPSA) is 32.3 Å². The van der Waals surface area contributed by atoms with Crippen LogP contribution in [0.2, 0.25) is 0 Å². The molecule has 0 aromatic carbocycles. The van der Waals surface area contributed by atoms with Crippen molar-refractivity contribution in [2.24, 2.45) is 5.92 Å². The summed E-state index contributed by atoms with van der Waals surface area (Å²) < 4.78 is 0.320. The zero-order valence-electron chi connectivity index (χ0n) is 11.9. The number of rotatable bonds is 1. The van der Waals surface area contributed by atoms with Gasteiger partial charge in [0.15, 0.2) is 0 Å². The number of piperidine rings is 1. The van der Waals surface area contributed by atoms with Crippen LogP contribution in [0.5, 0.6) is 0 Å². The normalized spacial score (nSPS) is 32.9. The maximum atomic E-state index is 12.6. The van der Waals surface area contributed by atoms with Crippen LogP contribution in [-0.4, -0.2) is 47.0 Å². The first kappa shape index (κ1) is 14.2. The van der Waals surface area contributed by atoms with Crippen molar-refractivity contribution in [2.75, 3.05) is 25.4 Å². The molecule has 2 heterocycles. The molecule has 2 unspecified atom stereocenters. The van der Waals surface area contributed by atoms with Crippen molar-refractivity contribution < 1.29 is 4.79 Å². The van der Waals surface area contributed by atoms with Gasteiger partial charge in [-0.2, -0.15) is 11.8 Å². The minimum Gasteiger partial charge on any atom is -0.340 e. The van der Waals surface area contributed by atoms with Crippen LogP contribution in [0.3, 0.4) is 0 Å². The Morgan fingerprint density at radius 3 is 2.89 bits per heavy atom. The molecule has 0 spiro atoms. The molecule has 2 aliphatic heterocycles. The van der Waals surface area contributed by atoms with E-state index in [0.717, 1.165) is 31.8 Å². The SMILES string of the molecule is CC1CCCNC1C(=O)N1CCSC(C)(C)CC1. The van der Waals surface area contributed by atoms with Gasteiger partial charge in [0.2, 0.25) is 5.91 Å². The quantitative estimate of drug-likeness (QED) is 0.792. The molecular formula is C14H26N2OS. The number of carbonyl (C=O) groups excluding carboxylic acids is 1. The standard InChI is InChI=1S/C14H26N2OS/c1-11-5-4-7-15-12(11)13(17)16-8-6-14(2,3)18-10-9-16/h11-12,15H,4-10H2,1-3H3. The Hall–Kier alpha value is -0.220. The van der Waals surface area contributed by atoms with Crippen LogP contribution in [0, 0.1) is 5.92 Å². The summed E-state index contributed by atoms with van der Waals surface area (Å²) in [6.45, 7) is 9.60. The summed E-state index contributed by atoms with van der Waals surface area (Å²) >= 11 is 2.00. The van der Waals surface area contributed by atoms with E-state index >= 15 is 0 Å². The molecule has 0 radical (unpaired) electrons. The summed E-state index contributed by atoms with van der Waals surface area (Å²) in [5.41, 5.74) is 0. The molecular weight excluding hydrogens is 244 g/mol. The molecule has 1 N–H and O–H groups in total. The van der Waals surface area contributed by atoms with Crippen LogP contribution in [-0.2, 0) is 4.79 Å². The van der Waals surface area contributed by atoms with E-state index < -0.39 is 0 Å². The van der Waals surface area contributed by atoms with E-state index in [-0.39, 0.29) is 6.04 Å². The maximum absolute atomic E-state index is 12.6. The Morgan fingerprint density at radius 1 is 1.39 bits per heavy atom. The van der Waals surface area contributed by atoms with Gasteiger partial charge < -0.3 is 10.2 Å². The average Bonchev–Trinajstić information content (AvgIpc) is 2.50. The van der Waals surface area contributed by atoms with Gasteiger partial charge in [-0.15, -0.1) is 0 Å². The van der Waals surface area contributed by atoms with E-state index in [1.807, 2.05) is 11.8 Å². The summed E-state index contributed by atoms with van der Waals surface area (Å²) in [5.74, 6) is 1.88. The third kappa shape index (κ3) is 3.41. The fourth-order valence-corrected chi connectivity index (χ4v) is 3.92. The Morgan fingerprint density at radius 2 is 2.17 bits per heavy atom. The molecule has 0 aromatic heterocycles. The molecule has 104 valence electrons. The minimum atomic E-state index is 0.0602. The van der Waals surface area contributed by atoms with Crippen molar-refractivity contribution in [3.05, 3.63) is 0 Å². The largest absolute Gasteiger partial charge is 0.340 e. The molecule has 1 amide bonds. The second kappa shape index (κ2) is 5.83. The molecule has 0 bridgehead atoms. The lowest BCUT2D eigenvalue weighted by Crippen LogP contribution is -2.52. The van der Waals surface area contributed by atoms with E-state index in [1.54, 1.807) is 0 Å². The van der Waals surface area contributed by atoms with E-state index in [4.69, 9.17) is 0 Å². The molecule has 2 fully saturated rings. The van der Waals surface area contributed by atoms with Crippen LogP contribution >= 0.6 is 11.8 Å². The molecule has 2 aliphatic rings. The molecule has 2 saturated heterocycles. The first-order valence-electron chi connectivity index (χ1n) is 7.16. The fourth-order valence-electron chi connectivity index (χ4n) is 2.82. The second-order valence-corrected chi connectivity index (χ2v) is 8.04. The lowest BCUT2D eigenvalue weighted by molar-refractivity contribution is -0.135. The van der Waals surface area contributed by atoms with Crippen LogP contribution < -0.4 is 5.32 Å². The van der Waals surface area contributed by atoms with Crippen molar-refractivity contribution in [1.29, 1.82) is 0 Å². The van der Waals surface area contributed by atoms with Gasteiger partial charge in [0, 0.05) is 23.6 Å². The van der Waals surface area contributed by atoms with Crippen molar-refractivity contribution >= 4 is 17.7 Å². The first-order chi connectivity index (χ1) is 8.49. The smallest absolute Gasteiger partial charge is 0.240 e. The number of hydrogen-bond acceptors (Lipinski definition) is 3. The Bertz CT molecular complexity index is 306. The number of hydrogen-bond donors (Lipinski definition) is 1. The average molecular weight is 270 g/mol. The molecule has 2 rings (SSSR count). The van der Waals surface area contributed by atoms with Crippen LogP contribution in [0.1, 0.15) is 40.0 Å². The van der Waals surface area contributed by atoms with Crippen LogP contribution in [0.15, 0.2) is 0 Å². The summed E-state index contributed by atoms with van der Waals surface area (Å²) in [5, 5.41) is 3.41. The highest BCUT2D eigenvalue weighted by molar-refractivity contribution is 8.00. The summed E-state index contributed by atoms with van der Waals surface area (Å²) in [6, 6.07) is 0.0602. The minimum absolute atomic E-state index is 0.0602. The van der Waals surface area contributed by atoms with Gasteiger partial charge in [0.25, 0.3) is 0 Å². The zero-order chi connectivity index (χ0) is 13.2. The Balaban J connectivity index is 1.96. The second-order valence-electron chi connectivity index (χ2n) is 6.23.